The summed E-state index contributed by atoms with van der Waals surface area (Å²) in [5.74, 6) is 1.67. The van der Waals surface area contributed by atoms with Gasteiger partial charge in [0.2, 0.25) is 5.91 Å². The van der Waals surface area contributed by atoms with Crippen LogP contribution in [-0.2, 0) is 4.79 Å². The third kappa shape index (κ3) is 4.86. The van der Waals surface area contributed by atoms with E-state index in [1.54, 1.807) is 24.3 Å². The average Bonchev–Trinajstić information content (AvgIpc) is 2.61. The molecule has 2 fully saturated rings. The minimum absolute atomic E-state index is 0.0533. The molecule has 2 saturated heterocycles. The van der Waals surface area contributed by atoms with Crippen LogP contribution in [0.1, 0.15) is 43.5 Å². The highest BCUT2D eigenvalue weighted by Gasteiger charge is 2.29. The highest BCUT2D eigenvalue weighted by molar-refractivity contribution is 6.30. The van der Waals surface area contributed by atoms with Gasteiger partial charge >= 0.3 is 0 Å². The van der Waals surface area contributed by atoms with Gasteiger partial charge in [-0.2, -0.15) is 0 Å². The molecule has 1 aromatic carbocycles. The van der Waals surface area contributed by atoms with E-state index < -0.39 is 0 Å². The van der Waals surface area contributed by atoms with E-state index in [0.717, 1.165) is 44.6 Å². The summed E-state index contributed by atoms with van der Waals surface area (Å²) in [6.45, 7) is 8.33. The average molecular weight is 377 g/mol. The molecule has 0 aromatic heterocycles. The second-order valence-electron chi connectivity index (χ2n) is 8.17. The summed E-state index contributed by atoms with van der Waals surface area (Å²) in [6, 6.07) is 7.14. The maximum absolute atomic E-state index is 12.6. The van der Waals surface area contributed by atoms with Crippen molar-refractivity contribution in [3.8, 4) is 0 Å². The quantitative estimate of drug-likeness (QED) is 0.751. The van der Waals surface area contributed by atoms with E-state index in [1.165, 1.54) is 6.42 Å². The van der Waals surface area contributed by atoms with Crippen LogP contribution in [0.15, 0.2) is 24.3 Å². The van der Waals surface area contributed by atoms with E-state index in [2.05, 4.69) is 18.7 Å². The first-order chi connectivity index (χ1) is 12.4. The molecule has 0 N–H and O–H groups in total. The molecule has 4 nitrogen and oxygen atoms in total. The normalized spacial score (nSPS) is 25.3. The predicted molar refractivity (Wildman–Crippen MR) is 104 cm³/mol. The van der Waals surface area contributed by atoms with Crippen LogP contribution < -0.4 is 0 Å². The van der Waals surface area contributed by atoms with Gasteiger partial charge in [0.1, 0.15) is 0 Å². The van der Waals surface area contributed by atoms with Crippen molar-refractivity contribution in [3.05, 3.63) is 34.9 Å². The molecule has 2 unspecified atom stereocenters. The Balaban J connectivity index is 1.48. The van der Waals surface area contributed by atoms with Gasteiger partial charge in [0.25, 0.3) is 0 Å². The standard InChI is InChI=1S/C21H29ClN2O2/c1-15-11-16(2)13-24(12-15)20(25)14-23-9-7-18(8-10-23)21(26)17-3-5-19(22)6-4-17/h3-6,15-16,18H,7-14H2,1-2H3. The minimum Gasteiger partial charge on any atom is -0.341 e. The second-order valence-corrected chi connectivity index (χ2v) is 8.60. The lowest BCUT2D eigenvalue weighted by atomic mass is 9.89. The molecule has 0 saturated carbocycles. The van der Waals surface area contributed by atoms with Crippen LogP contribution in [-0.4, -0.2) is 54.2 Å². The van der Waals surface area contributed by atoms with Crippen molar-refractivity contribution in [3.63, 3.8) is 0 Å². The molecule has 0 bridgehead atoms. The van der Waals surface area contributed by atoms with Crippen LogP contribution >= 0.6 is 11.6 Å². The summed E-state index contributed by atoms with van der Waals surface area (Å²) in [7, 11) is 0. The Bertz CT molecular complexity index is 628. The summed E-state index contributed by atoms with van der Waals surface area (Å²) in [5, 5.41) is 0.649. The maximum Gasteiger partial charge on any atom is 0.236 e. The summed E-state index contributed by atoms with van der Waals surface area (Å²) in [6.07, 6.45) is 2.85. The zero-order chi connectivity index (χ0) is 18.7. The SMILES string of the molecule is CC1CC(C)CN(C(=O)CN2CCC(C(=O)c3ccc(Cl)cc3)CC2)C1. The van der Waals surface area contributed by atoms with E-state index >= 15 is 0 Å². The number of carbonyl (C=O) groups is 2. The Hall–Kier alpha value is -1.39. The second kappa shape index (κ2) is 8.53. The number of hydrogen-bond acceptors (Lipinski definition) is 3. The first-order valence-electron chi connectivity index (χ1n) is 9.72. The lowest BCUT2D eigenvalue weighted by Crippen LogP contribution is -2.48. The topological polar surface area (TPSA) is 40.6 Å². The van der Waals surface area contributed by atoms with Crippen molar-refractivity contribution >= 4 is 23.3 Å². The smallest absolute Gasteiger partial charge is 0.236 e. The van der Waals surface area contributed by atoms with Gasteiger partial charge in [-0.3, -0.25) is 14.5 Å². The zero-order valence-corrected chi connectivity index (χ0v) is 16.5. The largest absolute Gasteiger partial charge is 0.341 e. The van der Waals surface area contributed by atoms with Gasteiger partial charge in [-0.1, -0.05) is 25.4 Å². The Morgan fingerprint density at radius 2 is 1.62 bits per heavy atom. The van der Waals surface area contributed by atoms with Gasteiger partial charge in [0.15, 0.2) is 5.78 Å². The van der Waals surface area contributed by atoms with Gasteiger partial charge < -0.3 is 4.90 Å². The molecule has 2 heterocycles. The molecule has 2 aliphatic heterocycles. The Morgan fingerprint density at radius 3 is 2.19 bits per heavy atom. The predicted octanol–water partition coefficient (Wildman–Crippen LogP) is 3.74. The summed E-state index contributed by atoms with van der Waals surface area (Å²) < 4.78 is 0. The molecule has 0 spiro atoms. The van der Waals surface area contributed by atoms with Crippen LogP contribution in [0.2, 0.25) is 5.02 Å². The first kappa shape index (κ1) is 19.4. The van der Waals surface area contributed by atoms with Crippen molar-refractivity contribution in [2.45, 2.75) is 33.1 Å². The molecule has 26 heavy (non-hydrogen) atoms. The van der Waals surface area contributed by atoms with E-state index in [-0.39, 0.29) is 17.6 Å². The molecule has 3 rings (SSSR count). The van der Waals surface area contributed by atoms with Gasteiger partial charge in [0, 0.05) is 29.6 Å². The minimum atomic E-state index is 0.0533. The highest BCUT2D eigenvalue weighted by Crippen LogP contribution is 2.24. The Morgan fingerprint density at radius 1 is 1.04 bits per heavy atom. The molecular weight excluding hydrogens is 348 g/mol. The van der Waals surface area contributed by atoms with Crippen LogP contribution in [0.25, 0.3) is 0 Å². The summed E-state index contributed by atoms with van der Waals surface area (Å²) >= 11 is 5.90. The fourth-order valence-corrected chi connectivity index (χ4v) is 4.49. The molecule has 1 amide bonds. The van der Waals surface area contributed by atoms with Crippen LogP contribution in [0.3, 0.4) is 0 Å². The third-order valence-electron chi connectivity index (χ3n) is 5.67. The lowest BCUT2D eigenvalue weighted by Gasteiger charge is -2.37. The summed E-state index contributed by atoms with van der Waals surface area (Å²) in [4.78, 5) is 29.5. The van der Waals surface area contributed by atoms with Gasteiger partial charge in [0.05, 0.1) is 6.54 Å². The van der Waals surface area contributed by atoms with Gasteiger partial charge in [-0.25, -0.2) is 0 Å². The number of Topliss-reactive ketones (excluding diaryl/α,β-unsaturated/α-hetero) is 1. The van der Waals surface area contributed by atoms with Crippen molar-refractivity contribution in [1.82, 2.24) is 9.80 Å². The van der Waals surface area contributed by atoms with Crippen molar-refractivity contribution in [2.75, 3.05) is 32.7 Å². The fourth-order valence-electron chi connectivity index (χ4n) is 4.36. The van der Waals surface area contributed by atoms with E-state index in [9.17, 15) is 9.59 Å². The number of benzene rings is 1. The Labute approximate surface area is 161 Å². The van der Waals surface area contributed by atoms with Gasteiger partial charge in [-0.05, 0) is 68.5 Å². The molecule has 5 heteroatoms. The number of ketones is 1. The molecule has 0 aliphatic carbocycles. The lowest BCUT2D eigenvalue weighted by molar-refractivity contribution is -0.135. The number of halogens is 1. The molecule has 2 atom stereocenters. The molecule has 0 radical (unpaired) electrons. The van der Waals surface area contributed by atoms with Crippen LogP contribution in [0.4, 0.5) is 0 Å². The molecular formula is C21H29ClN2O2. The number of piperidine rings is 2. The number of rotatable bonds is 4. The monoisotopic (exact) mass is 376 g/mol. The fraction of sp³-hybridized carbons (Fsp3) is 0.619. The van der Waals surface area contributed by atoms with E-state index in [1.807, 2.05) is 4.90 Å². The third-order valence-corrected chi connectivity index (χ3v) is 5.92. The number of hydrogen-bond donors (Lipinski definition) is 0. The number of likely N-dealkylation sites (tertiary alicyclic amines) is 2. The van der Waals surface area contributed by atoms with Crippen molar-refractivity contribution in [2.24, 2.45) is 17.8 Å². The number of amides is 1. The maximum atomic E-state index is 12.6. The van der Waals surface area contributed by atoms with Crippen LogP contribution in [0.5, 0.6) is 0 Å². The van der Waals surface area contributed by atoms with Crippen molar-refractivity contribution < 1.29 is 9.59 Å². The van der Waals surface area contributed by atoms with E-state index in [4.69, 9.17) is 11.6 Å². The first-order valence-corrected chi connectivity index (χ1v) is 10.1. The number of nitrogens with zero attached hydrogens (tertiary/aromatic N) is 2. The zero-order valence-electron chi connectivity index (χ0n) is 15.8. The van der Waals surface area contributed by atoms with Gasteiger partial charge in [-0.15, -0.1) is 0 Å². The highest BCUT2D eigenvalue weighted by atomic mass is 35.5. The molecule has 142 valence electrons. The van der Waals surface area contributed by atoms with Crippen molar-refractivity contribution in [1.29, 1.82) is 0 Å². The molecule has 1 aromatic rings. The van der Waals surface area contributed by atoms with E-state index in [0.29, 0.717) is 23.4 Å². The summed E-state index contributed by atoms with van der Waals surface area (Å²) in [5.41, 5.74) is 0.736. The molecule has 2 aliphatic rings. The number of carbonyl (C=O) groups excluding carboxylic acids is 2. The van der Waals surface area contributed by atoms with Crippen LogP contribution in [0, 0.1) is 17.8 Å². The Kier molecular flexibility index (Phi) is 6.36.